The van der Waals surface area contributed by atoms with E-state index in [-0.39, 0.29) is 11.2 Å². The molecule has 6 nitrogen and oxygen atoms in total. The molecule has 1 aliphatic heterocycles. The van der Waals surface area contributed by atoms with Crippen molar-refractivity contribution in [1.29, 1.82) is 0 Å². The third-order valence-corrected chi connectivity index (χ3v) is 9.56. The Bertz CT molecular complexity index is 1010. The van der Waals surface area contributed by atoms with E-state index in [1.807, 2.05) is 36.6 Å². The second-order valence-corrected chi connectivity index (χ2v) is 12.6. The number of hydrogen-bond acceptors (Lipinski definition) is 6. The van der Waals surface area contributed by atoms with Crippen LogP contribution in [0.4, 0.5) is 11.4 Å². The maximum atomic E-state index is 11.6. The van der Waals surface area contributed by atoms with Gasteiger partial charge in [-0.3, -0.25) is 9.11 Å². The van der Waals surface area contributed by atoms with Gasteiger partial charge in [-0.05, 0) is 49.4 Å². The predicted molar refractivity (Wildman–Crippen MR) is 147 cm³/mol. The summed E-state index contributed by atoms with van der Waals surface area (Å²) in [6, 6.07) is 11.1. The molecule has 0 spiro atoms. The Labute approximate surface area is 219 Å². The summed E-state index contributed by atoms with van der Waals surface area (Å²) < 4.78 is 28.8. The molecule has 1 aliphatic rings. The van der Waals surface area contributed by atoms with E-state index in [2.05, 4.69) is 18.7 Å². The molecule has 2 aromatic carbocycles. The average Bonchev–Trinajstić information content (AvgIpc) is 2.92. The lowest BCUT2D eigenvalue weighted by atomic mass is 9.79. The first-order chi connectivity index (χ1) is 16.6. The van der Waals surface area contributed by atoms with Gasteiger partial charge < -0.3 is 14.7 Å². The van der Waals surface area contributed by atoms with Crippen LogP contribution in [0.5, 0.6) is 5.75 Å². The fourth-order valence-electron chi connectivity index (χ4n) is 4.77. The highest BCUT2D eigenvalue weighted by Gasteiger charge is 2.42. The van der Waals surface area contributed by atoms with Crippen molar-refractivity contribution in [2.75, 3.05) is 30.1 Å². The molecule has 0 radical (unpaired) electrons. The van der Waals surface area contributed by atoms with Gasteiger partial charge >= 0.3 is 5.97 Å². The number of thioether (sulfide) groups is 1. The molecule has 35 heavy (non-hydrogen) atoms. The number of unbranched alkanes of at least 4 members (excludes halogenated alkanes) is 2. The number of aliphatic carboxylic acids is 1. The molecule has 0 amide bonds. The standard InChI is InChI=1S/C26H36ClNO5S2/c1-4-6-12-26(13-7-5-2)17-28(20-10-8-19(27)9-11-20)21-14-23(34-3)22(33-16-25(29)30)15-24(21)35(31,32)18-26/h8-11,14-15,31-32H,4-7,12-13,16-18H2,1-3H3,(H,29,30). The van der Waals surface area contributed by atoms with Crippen molar-refractivity contribution >= 4 is 51.3 Å². The topological polar surface area (TPSA) is 90.2 Å². The minimum Gasteiger partial charge on any atom is -0.481 e. The van der Waals surface area contributed by atoms with Crippen LogP contribution in [0.25, 0.3) is 0 Å². The predicted octanol–water partition coefficient (Wildman–Crippen LogP) is 8.15. The van der Waals surface area contributed by atoms with Crippen LogP contribution in [0.1, 0.15) is 52.4 Å². The van der Waals surface area contributed by atoms with Crippen molar-refractivity contribution in [2.24, 2.45) is 5.41 Å². The average molecular weight is 542 g/mol. The second kappa shape index (κ2) is 12.1. The van der Waals surface area contributed by atoms with E-state index in [0.717, 1.165) is 49.1 Å². The molecule has 0 fully saturated rings. The Kier molecular flexibility index (Phi) is 9.68. The molecule has 3 N–H and O–H groups in total. The highest BCUT2D eigenvalue weighted by Crippen LogP contribution is 2.62. The zero-order chi connectivity index (χ0) is 25.6. The number of anilines is 2. The number of hydrogen-bond donors (Lipinski definition) is 3. The number of fused-ring (bicyclic) bond motifs is 1. The number of halogens is 1. The summed E-state index contributed by atoms with van der Waals surface area (Å²) in [6.45, 7) is 4.47. The van der Waals surface area contributed by atoms with Crippen molar-refractivity contribution in [2.45, 2.75) is 62.2 Å². The van der Waals surface area contributed by atoms with Gasteiger partial charge in [-0.25, -0.2) is 4.79 Å². The molecule has 194 valence electrons. The van der Waals surface area contributed by atoms with Crippen LogP contribution in [-0.4, -0.2) is 45.3 Å². The van der Waals surface area contributed by atoms with Gasteiger partial charge in [0.1, 0.15) is 5.75 Å². The highest BCUT2D eigenvalue weighted by atomic mass is 35.5. The maximum absolute atomic E-state index is 11.6. The van der Waals surface area contributed by atoms with Crippen LogP contribution in [0.15, 0.2) is 46.2 Å². The minimum absolute atomic E-state index is 0.272. The molecule has 0 aliphatic carbocycles. The summed E-state index contributed by atoms with van der Waals surface area (Å²) in [5, 5.41) is 9.76. The minimum atomic E-state index is -3.19. The fourth-order valence-corrected chi connectivity index (χ4v) is 7.63. The summed E-state index contributed by atoms with van der Waals surface area (Å²) in [4.78, 5) is 14.5. The number of carbonyl (C=O) groups is 1. The van der Waals surface area contributed by atoms with Gasteiger partial charge in [-0.1, -0.05) is 51.1 Å². The zero-order valence-electron chi connectivity index (χ0n) is 20.6. The maximum Gasteiger partial charge on any atom is 0.341 e. The Morgan fingerprint density at radius 1 is 1.14 bits per heavy atom. The normalized spacial score (nSPS) is 17.4. The van der Waals surface area contributed by atoms with Crippen molar-refractivity contribution in [3.63, 3.8) is 0 Å². The summed E-state index contributed by atoms with van der Waals surface area (Å²) in [6.07, 6.45) is 7.77. The number of rotatable bonds is 11. The van der Waals surface area contributed by atoms with E-state index in [1.165, 1.54) is 11.8 Å². The Balaban J connectivity index is 2.22. The molecule has 0 atom stereocenters. The summed E-state index contributed by atoms with van der Waals surface area (Å²) in [7, 11) is -3.19. The molecule has 0 bridgehead atoms. The highest BCUT2D eigenvalue weighted by molar-refractivity contribution is 8.24. The molecule has 0 aromatic heterocycles. The largest absolute Gasteiger partial charge is 0.481 e. The van der Waals surface area contributed by atoms with Crippen LogP contribution >= 0.6 is 34.0 Å². The Morgan fingerprint density at radius 3 is 2.31 bits per heavy atom. The number of carboxylic acids is 1. The first kappa shape index (κ1) is 28.0. The van der Waals surface area contributed by atoms with Gasteiger partial charge in [0.2, 0.25) is 0 Å². The lowest BCUT2D eigenvalue weighted by molar-refractivity contribution is -0.139. The molecule has 1 heterocycles. The van der Waals surface area contributed by atoms with Crippen LogP contribution < -0.4 is 9.64 Å². The van der Waals surface area contributed by atoms with Gasteiger partial charge in [0.25, 0.3) is 0 Å². The van der Waals surface area contributed by atoms with Gasteiger partial charge in [0.15, 0.2) is 6.61 Å². The number of carboxylic acid groups (broad SMARTS) is 1. The van der Waals surface area contributed by atoms with Gasteiger partial charge in [0, 0.05) is 34.5 Å². The van der Waals surface area contributed by atoms with Crippen molar-refractivity contribution in [3.05, 3.63) is 41.4 Å². The van der Waals surface area contributed by atoms with Crippen LogP contribution in [0, 0.1) is 5.41 Å². The third-order valence-electron chi connectivity index (χ3n) is 6.50. The van der Waals surface area contributed by atoms with Crippen LogP contribution in [0.2, 0.25) is 5.02 Å². The lowest BCUT2D eigenvalue weighted by Gasteiger charge is -2.42. The van der Waals surface area contributed by atoms with E-state index in [0.29, 0.717) is 27.9 Å². The molecule has 3 rings (SSSR count). The monoisotopic (exact) mass is 541 g/mol. The molecule has 0 unspecified atom stereocenters. The smallest absolute Gasteiger partial charge is 0.341 e. The first-order valence-corrected chi connectivity index (χ1v) is 15.3. The van der Waals surface area contributed by atoms with Crippen LogP contribution in [0.3, 0.4) is 0 Å². The number of nitrogens with zero attached hydrogens (tertiary/aromatic N) is 1. The van der Waals surface area contributed by atoms with Gasteiger partial charge in [0.05, 0.1) is 15.5 Å². The van der Waals surface area contributed by atoms with Crippen LogP contribution in [-0.2, 0) is 4.79 Å². The third kappa shape index (κ3) is 6.80. The molecular weight excluding hydrogens is 506 g/mol. The van der Waals surface area contributed by atoms with E-state index >= 15 is 0 Å². The van der Waals surface area contributed by atoms with Crippen molar-refractivity contribution in [1.82, 2.24) is 0 Å². The zero-order valence-corrected chi connectivity index (χ0v) is 23.0. The van der Waals surface area contributed by atoms with E-state index in [4.69, 9.17) is 21.4 Å². The summed E-state index contributed by atoms with van der Waals surface area (Å²) in [5.74, 6) is -0.461. The van der Waals surface area contributed by atoms with Crippen molar-refractivity contribution < 1.29 is 23.7 Å². The molecule has 0 saturated heterocycles. The van der Waals surface area contributed by atoms with E-state index in [9.17, 15) is 13.9 Å². The van der Waals surface area contributed by atoms with E-state index in [1.54, 1.807) is 6.07 Å². The summed E-state index contributed by atoms with van der Waals surface area (Å²) in [5.41, 5.74) is 1.36. The molecule has 2 aromatic rings. The number of ether oxygens (including phenoxy) is 1. The van der Waals surface area contributed by atoms with Gasteiger partial charge in [-0.15, -0.1) is 11.8 Å². The second-order valence-electron chi connectivity index (χ2n) is 9.23. The summed E-state index contributed by atoms with van der Waals surface area (Å²) >= 11 is 7.62. The SMILES string of the molecule is CCCCC1(CCCC)CN(c2ccc(Cl)cc2)c2cc(SC)c(OCC(=O)O)cc2S(O)(O)C1. The first-order valence-electron chi connectivity index (χ1n) is 12.0. The van der Waals surface area contributed by atoms with E-state index < -0.39 is 23.2 Å². The van der Waals surface area contributed by atoms with Crippen molar-refractivity contribution in [3.8, 4) is 5.75 Å². The quantitative estimate of drug-likeness (QED) is 0.247. The van der Waals surface area contributed by atoms with Gasteiger partial charge in [-0.2, -0.15) is 10.6 Å². The molecule has 9 heteroatoms. The molecular formula is C26H36ClNO5S2. The fraction of sp³-hybridized carbons (Fsp3) is 0.500. The number of benzene rings is 2. The Morgan fingerprint density at radius 2 is 1.77 bits per heavy atom. The lowest BCUT2D eigenvalue weighted by Crippen LogP contribution is -2.37. The molecule has 0 saturated carbocycles. The Hall–Kier alpha value is -1.58.